The van der Waals surface area contributed by atoms with Crippen LogP contribution >= 0.6 is 11.8 Å². The van der Waals surface area contributed by atoms with E-state index in [1.54, 1.807) is 0 Å². The second-order valence-electron chi connectivity index (χ2n) is 4.05. The van der Waals surface area contributed by atoms with E-state index in [0.29, 0.717) is 17.8 Å². The van der Waals surface area contributed by atoms with Gasteiger partial charge >= 0.3 is 0 Å². The second-order valence-corrected chi connectivity index (χ2v) is 4.83. The summed E-state index contributed by atoms with van der Waals surface area (Å²) >= 11 is 1.51. The van der Waals surface area contributed by atoms with Gasteiger partial charge in [-0.2, -0.15) is 9.97 Å². The zero-order chi connectivity index (χ0) is 10.8. The van der Waals surface area contributed by atoms with Crippen molar-refractivity contribution in [2.75, 3.05) is 12.0 Å². The van der Waals surface area contributed by atoms with Gasteiger partial charge in [-0.25, -0.2) is 4.98 Å². The number of nitrogen functional groups attached to an aromatic ring is 1. The highest BCUT2D eigenvalue weighted by Crippen LogP contribution is 2.37. The Kier molecular flexibility index (Phi) is 3.09. The molecule has 0 bridgehead atoms. The maximum atomic E-state index is 5.67. The summed E-state index contributed by atoms with van der Waals surface area (Å²) in [4.78, 5) is 12.8. The molecule has 2 atom stereocenters. The van der Waals surface area contributed by atoms with Crippen LogP contribution in [0.5, 0.6) is 0 Å². The Balaban J connectivity index is 2.30. The molecule has 4 nitrogen and oxygen atoms in total. The van der Waals surface area contributed by atoms with Gasteiger partial charge in [-0.15, -0.1) is 0 Å². The van der Waals surface area contributed by atoms with E-state index in [9.17, 15) is 0 Å². The van der Waals surface area contributed by atoms with Crippen LogP contribution in [-0.2, 0) is 0 Å². The molecule has 0 spiro atoms. The molecule has 0 amide bonds. The summed E-state index contributed by atoms with van der Waals surface area (Å²) in [5.41, 5.74) is 5.67. The van der Waals surface area contributed by atoms with Crippen LogP contribution in [0.4, 0.5) is 5.95 Å². The van der Waals surface area contributed by atoms with Gasteiger partial charge in [0.15, 0.2) is 5.16 Å². The van der Waals surface area contributed by atoms with Crippen molar-refractivity contribution in [3.8, 4) is 0 Å². The molecular weight excluding hydrogens is 208 g/mol. The highest BCUT2D eigenvalue weighted by atomic mass is 32.2. The Morgan fingerprint density at radius 3 is 2.67 bits per heavy atom. The Labute approximate surface area is 94.1 Å². The molecule has 1 aliphatic carbocycles. The summed E-state index contributed by atoms with van der Waals surface area (Å²) in [6.07, 6.45) is 5.67. The fourth-order valence-electron chi connectivity index (χ4n) is 2.17. The van der Waals surface area contributed by atoms with E-state index in [1.165, 1.54) is 31.0 Å². The van der Waals surface area contributed by atoms with E-state index in [1.807, 2.05) is 6.26 Å². The number of hydrogen-bond donors (Lipinski definition) is 1. The standard InChI is InChI=1S/C10H16N4S/c1-6-4-3-5-7(6)8-12-9(11)14-10(13-8)15-2/h6-7H,3-5H2,1-2H3,(H2,11,12,13,14). The van der Waals surface area contributed by atoms with Crippen LogP contribution in [0.2, 0.25) is 0 Å². The van der Waals surface area contributed by atoms with Crippen molar-refractivity contribution in [2.24, 2.45) is 5.92 Å². The molecule has 1 fully saturated rings. The Hall–Kier alpha value is -0.840. The molecule has 1 heterocycles. The SMILES string of the molecule is CSc1nc(N)nc(C2CCCC2C)n1. The van der Waals surface area contributed by atoms with Crippen molar-refractivity contribution >= 4 is 17.7 Å². The predicted octanol–water partition coefficient (Wildman–Crippen LogP) is 2.08. The molecule has 82 valence electrons. The van der Waals surface area contributed by atoms with Crippen LogP contribution in [0.25, 0.3) is 0 Å². The van der Waals surface area contributed by atoms with Gasteiger partial charge in [-0.1, -0.05) is 25.1 Å². The molecule has 1 saturated carbocycles. The highest BCUT2D eigenvalue weighted by Gasteiger charge is 2.27. The fraction of sp³-hybridized carbons (Fsp3) is 0.700. The molecule has 0 radical (unpaired) electrons. The van der Waals surface area contributed by atoms with Crippen molar-refractivity contribution < 1.29 is 0 Å². The molecule has 15 heavy (non-hydrogen) atoms. The average molecular weight is 224 g/mol. The summed E-state index contributed by atoms with van der Waals surface area (Å²) in [5.74, 6) is 2.38. The third-order valence-electron chi connectivity index (χ3n) is 3.03. The number of thioether (sulfide) groups is 1. The fourth-order valence-corrected chi connectivity index (χ4v) is 2.54. The number of hydrogen-bond acceptors (Lipinski definition) is 5. The molecule has 1 aliphatic rings. The maximum Gasteiger partial charge on any atom is 0.224 e. The molecule has 1 aromatic heterocycles. The van der Waals surface area contributed by atoms with Crippen molar-refractivity contribution in [3.05, 3.63) is 5.82 Å². The van der Waals surface area contributed by atoms with Crippen molar-refractivity contribution in [1.82, 2.24) is 15.0 Å². The minimum atomic E-state index is 0.350. The zero-order valence-electron chi connectivity index (χ0n) is 9.10. The van der Waals surface area contributed by atoms with Crippen LogP contribution in [0.1, 0.15) is 37.9 Å². The van der Waals surface area contributed by atoms with Crippen LogP contribution in [0.3, 0.4) is 0 Å². The number of nitrogens with zero attached hydrogens (tertiary/aromatic N) is 3. The van der Waals surface area contributed by atoms with Gasteiger partial charge in [0, 0.05) is 5.92 Å². The predicted molar refractivity (Wildman–Crippen MR) is 61.8 cm³/mol. The third kappa shape index (κ3) is 2.22. The van der Waals surface area contributed by atoms with Gasteiger partial charge < -0.3 is 5.73 Å². The first-order valence-corrected chi connectivity index (χ1v) is 6.48. The Morgan fingerprint density at radius 2 is 2.07 bits per heavy atom. The quantitative estimate of drug-likeness (QED) is 0.779. The maximum absolute atomic E-state index is 5.67. The Morgan fingerprint density at radius 1 is 1.27 bits per heavy atom. The number of aromatic nitrogens is 3. The van der Waals surface area contributed by atoms with Gasteiger partial charge in [0.25, 0.3) is 0 Å². The number of anilines is 1. The van der Waals surface area contributed by atoms with E-state index in [0.717, 1.165) is 11.0 Å². The average Bonchev–Trinajstić information content (AvgIpc) is 2.63. The first-order chi connectivity index (χ1) is 7.20. The monoisotopic (exact) mass is 224 g/mol. The lowest BCUT2D eigenvalue weighted by Crippen LogP contribution is -2.11. The van der Waals surface area contributed by atoms with E-state index in [4.69, 9.17) is 5.73 Å². The summed E-state index contributed by atoms with van der Waals surface area (Å²) in [6.45, 7) is 2.26. The second kappa shape index (κ2) is 4.35. The van der Waals surface area contributed by atoms with Crippen LogP contribution in [-0.4, -0.2) is 21.2 Å². The van der Waals surface area contributed by atoms with E-state index >= 15 is 0 Å². The molecule has 0 aliphatic heterocycles. The van der Waals surface area contributed by atoms with Gasteiger partial charge in [0.2, 0.25) is 5.95 Å². The first kappa shape index (κ1) is 10.7. The van der Waals surface area contributed by atoms with Gasteiger partial charge in [0.05, 0.1) is 0 Å². The minimum absolute atomic E-state index is 0.350. The van der Waals surface area contributed by atoms with Crippen LogP contribution in [0, 0.1) is 5.92 Å². The van der Waals surface area contributed by atoms with Gasteiger partial charge in [-0.05, 0) is 25.0 Å². The largest absolute Gasteiger partial charge is 0.368 e. The Bertz CT molecular complexity index is 355. The summed E-state index contributed by atoms with van der Waals surface area (Å²) in [6, 6.07) is 0. The molecule has 5 heteroatoms. The smallest absolute Gasteiger partial charge is 0.224 e. The summed E-state index contributed by atoms with van der Waals surface area (Å²) in [5, 5.41) is 0.733. The molecule has 2 unspecified atom stereocenters. The van der Waals surface area contributed by atoms with E-state index < -0.39 is 0 Å². The molecule has 0 saturated heterocycles. The topological polar surface area (TPSA) is 64.7 Å². The third-order valence-corrected chi connectivity index (χ3v) is 3.57. The highest BCUT2D eigenvalue weighted by molar-refractivity contribution is 7.98. The molecule has 0 aromatic carbocycles. The number of rotatable bonds is 2. The molecule has 1 aromatic rings. The molecule has 2 N–H and O–H groups in total. The number of nitrogens with two attached hydrogens (primary N) is 1. The molecular formula is C10H16N4S. The van der Waals surface area contributed by atoms with Crippen molar-refractivity contribution in [3.63, 3.8) is 0 Å². The lowest BCUT2D eigenvalue weighted by molar-refractivity contribution is 0.503. The van der Waals surface area contributed by atoms with Crippen molar-refractivity contribution in [2.45, 2.75) is 37.3 Å². The normalized spacial score (nSPS) is 25.7. The summed E-state index contributed by atoms with van der Waals surface area (Å²) < 4.78 is 0. The van der Waals surface area contributed by atoms with Gasteiger partial charge in [-0.3, -0.25) is 0 Å². The van der Waals surface area contributed by atoms with E-state index in [2.05, 4.69) is 21.9 Å². The summed E-state index contributed by atoms with van der Waals surface area (Å²) in [7, 11) is 0. The van der Waals surface area contributed by atoms with Gasteiger partial charge in [0.1, 0.15) is 5.82 Å². The first-order valence-electron chi connectivity index (χ1n) is 5.26. The lowest BCUT2D eigenvalue weighted by atomic mass is 9.97. The zero-order valence-corrected chi connectivity index (χ0v) is 9.92. The van der Waals surface area contributed by atoms with Crippen LogP contribution in [0.15, 0.2) is 5.16 Å². The van der Waals surface area contributed by atoms with Crippen molar-refractivity contribution in [1.29, 1.82) is 0 Å². The lowest BCUT2D eigenvalue weighted by Gasteiger charge is -2.13. The van der Waals surface area contributed by atoms with E-state index in [-0.39, 0.29) is 0 Å². The molecule has 2 rings (SSSR count). The minimum Gasteiger partial charge on any atom is -0.368 e. The van der Waals surface area contributed by atoms with Crippen LogP contribution < -0.4 is 5.73 Å².